The zero-order valence-electron chi connectivity index (χ0n) is 10.8. The fourth-order valence-electron chi connectivity index (χ4n) is 1.57. The highest BCUT2D eigenvalue weighted by Gasteiger charge is 2.27. The summed E-state index contributed by atoms with van der Waals surface area (Å²) < 4.78 is 5.10. The van der Waals surface area contributed by atoms with Crippen LogP contribution < -0.4 is 11.1 Å². The maximum absolute atomic E-state index is 11.5. The summed E-state index contributed by atoms with van der Waals surface area (Å²) in [6.45, 7) is 0.420. The van der Waals surface area contributed by atoms with Gasteiger partial charge >= 0.3 is 0 Å². The summed E-state index contributed by atoms with van der Waals surface area (Å²) >= 11 is 0. The minimum Gasteiger partial charge on any atom is -0.467 e. The first-order chi connectivity index (χ1) is 8.66. The van der Waals surface area contributed by atoms with Crippen molar-refractivity contribution in [3.63, 3.8) is 0 Å². The average Bonchev–Trinajstić information content (AvgIpc) is 3.09. The monoisotopic (exact) mass is 378 g/mol. The molecule has 2 rings (SSSR count). The third-order valence-electron chi connectivity index (χ3n) is 2.88. The number of guanidine groups is 1. The van der Waals surface area contributed by atoms with Gasteiger partial charge in [0.15, 0.2) is 5.96 Å². The lowest BCUT2D eigenvalue weighted by molar-refractivity contribution is -0.119. The summed E-state index contributed by atoms with van der Waals surface area (Å²) in [4.78, 5) is 17.5. The molecule has 0 aliphatic heterocycles. The predicted octanol–water partition coefficient (Wildman–Crippen LogP) is 0.923. The lowest BCUT2D eigenvalue weighted by atomic mass is 10.4. The van der Waals surface area contributed by atoms with Crippen LogP contribution in [0.1, 0.15) is 18.6 Å². The van der Waals surface area contributed by atoms with Crippen molar-refractivity contribution in [2.45, 2.75) is 25.4 Å². The van der Waals surface area contributed by atoms with Crippen molar-refractivity contribution in [3.05, 3.63) is 24.2 Å². The van der Waals surface area contributed by atoms with E-state index in [1.807, 2.05) is 11.9 Å². The molecule has 0 atom stereocenters. The molecule has 19 heavy (non-hydrogen) atoms. The number of hydrogen-bond acceptors (Lipinski definition) is 3. The minimum absolute atomic E-state index is 0. The molecular formula is C12H19IN4O2. The maximum Gasteiger partial charge on any atom is 0.242 e. The van der Waals surface area contributed by atoms with Crippen LogP contribution in [-0.4, -0.2) is 36.4 Å². The fraction of sp³-hybridized carbons (Fsp3) is 0.500. The van der Waals surface area contributed by atoms with Crippen LogP contribution in [0.2, 0.25) is 0 Å². The third-order valence-corrected chi connectivity index (χ3v) is 2.88. The second-order valence-corrected chi connectivity index (χ2v) is 4.37. The topological polar surface area (TPSA) is 83.9 Å². The maximum atomic E-state index is 11.5. The number of amides is 1. The van der Waals surface area contributed by atoms with E-state index in [9.17, 15) is 4.79 Å². The van der Waals surface area contributed by atoms with Gasteiger partial charge in [-0.05, 0) is 25.0 Å². The van der Waals surface area contributed by atoms with Gasteiger partial charge in [0.05, 0.1) is 12.8 Å². The van der Waals surface area contributed by atoms with Gasteiger partial charge in [-0.3, -0.25) is 4.79 Å². The second kappa shape index (κ2) is 7.37. The number of halogens is 1. The molecule has 0 unspecified atom stereocenters. The molecule has 0 saturated heterocycles. The van der Waals surface area contributed by atoms with E-state index in [0.717, 1.165) is 18.6 Å². The Balaban J connectivity index is 0.00000180. The van der Waals surface area contributed by atoms with Crippen molar-refractivity contribution >= 4 is 35.8 Å². The van der Waals surface area contributed by atoms with E-state index in [4.69, 9.17) is 10.2 Å². The van der Waals surface area contributed by atoms with Crippen LogP contribution in [0.25, 0.3) is 0 Å². The van der Waals surface area contributed by atoms with E-state index in [1.165, 1.54) is 0 Å². The van der Waals surface area contributed by atoms with Crippen LogP contribution in [0.15, 0.2) is 27.8 Å². The quantitative estimate of drug-likeness (QED) is 0.454. The van der Waals surface area contributed by atoms with Crippen LogP contribution in [0, 0.1) is 0 Å². The molecule has 0 aromatic carbocycles. The molecule has 1 aliphatic rings. The number of carbonyl (C=O) groups is 1. The molecule has 6 nitrogen and oxygen atoms in total. The molecule has 1 fully saturated rings. The Labute approximate surface area is 129 Å². The molecule has 0 spiro atoms. The Morgan fingerprint density at radius 3 is 2.95 bits per heavy atom. The van der Waals surface area contributed by atoms with Gasteiger partial charge in [-0.1, -0.05) is 0 Å². The summed E-state index contributed by atoms with van der Waals surface area (Å²) in [5.74, 6) is 0.972. The molecule has 0 bridgehead atoms. The van der Waals surface area contributed by atoms with E-state index in [1.54, 1.807) is 18.4 Å². The van der Waals surface area contributed by atoms with Crippen molar-refractivity contribution in [2.75, 3.05) is 13.6 Å². The number of nitrogens with one attached hydrogen (secondary N) is 1. The van der Waals surface area contributed by atoms with Crippen molar-refractivity contribution in [3.8, 4) is 0 Å². The van der Waals surface area contributed by atoms with Gasteiger partial charge in [0.1, 0.15) is 12.3 Å². The summed E-state index contributed by atoms with van der Waals surface area (Å²) in [6.07, 6.45) is 3.87. The first kappa shape index (κ1) is 15.8. The van der Waals surface area contributed by atoms with Gasteiger partial charge in [0.2, 0.25) is 5.91 Å². The molecule has 1 aliphatic carbocycles. The predicted molar refractivity (Wildman–Crippen MR) is 83.2 cm³/mol. The molecule has 1 aromatic rings. The number of nitrogens with zero attached hydrogens (tertiary/aromatic N) is 2. The standard InChI is InChI=1S/C12H18N4O2.HI/c1-16(9-4-5-9)12(13)15-8-11(17)14-7-10-3-2-6-18-10;/h2-3,6,9H,4-5,7-8H2,1H3,(H2,13,15)(H,14,17);1H. The van der Waals surface area contributed by atoms with Crippen molar-refractivity contribution in [2.24, 2.45) is 10.7 Å². The fourth-order valence-corrected chi connectivity index (χ4v) is 1.57. The smallest absolute Gasteiger partial charge is 0.242 e. The number of rotatable bonds is 5. The van der Waals surface area contributed by atoms with Crippen LogP contribution in [0.4, 0.5) is 0 Å². The second-order valence-electron chi connectivity index (χ2n) is 4.37. The Morgan fingerprint density at radius 1 is 1.63 bits per heavy atom. The molecule has 7 heteroatoms. The van der Waals surface area contributed by atoms with Gasteiger partial charge in [-0.15, -0.1) is 24.0 Å². The SMILES string of the molecule is CN(C(N)=NCC(=O)NCc1ccco1)C1CC1.I. The highest BCUT2D eigenvalue weighted by atomic mass is 127. The summed E-state index contributed by atoms with van der Waals surface area (Å²) in [7, 11) is 1.90. The molecule has 1 aromatic heterocycles. The van der Waals surface area contributed by atoms with E-state index in [2.05, 4.69) is 10.3 Å². The zero-order valence-corrected chi connectivity index (χ0v) is 13.2. The summed E-state index contributed by atoms with van der Waals surface area (Å²) in [5.41, 5.74) is 5.77. The van der Waals surface area contributed by atoms with Gasteiger partial charge in [0.25, 0.3) is 0 Å². The molecule has 106 valence electrons. The Morgan fingerprint density at radius 2 is 2.37 bits per heavy atom. The van der Waals surface area contributed by atoms with Gasteiger partial charge in [0, 0.05) is 13.1 Å². The van der Waals surface area contributed by atoms with E-state index in [-0.39, 0.29) is 36.4 Å². The molecule has 1 amide bonds. The number of aliphatic imine (C=N–C) groups is 1. The average molecular weight is 378 g/mol. The summed E-state index contributed by atoms with van der Waals surface area (Å²) in [5, 5.41) is 2.71. The number of nitrogens with two attached hydrogens (primary N) is 1. The van der Waals surface area contributed by atoms with Gasteiger partial charge < -0.3 is 20.4 Å². The van der Waals surface area contributed by atoms with Crippen molar-refractivity contribution in [1.29, 1.82) is 0 Å². The third kappa shape index (κ3) is 5.09. The normalized spacial score (nSPS) is 14.7. The first-order valence-corrected chi connectivity index (χ1v) is 5.98. The highest BCUT2D eigenvalue weighted by molar-refractivity contribution is 14.0. The largest absolute Gasteiger partial charge is 0.467 e. The Bertz CT molecular complexity index is 429. The molecular weight excluding hydrogens is 359 g/mol. The van der Waals surface area contributed by atoms with Crippen LogP contribution in [-0.2, 0) is 11.3 Å². The van der Waals surface area contributed by atoms with E-state index < -0.39 is 0 Å². The number of furan rings is 1. The lowest BCUT2D eigenvalue weighted by Crippen LogP contribution is -2.37. The van der Waals surface area contributed by atoms with Gasteiger partial charge in [-0.2, -0.15) is 0 Å². The molecule has 1 saturated carbocycles. The van der Waals surface area contributed by atoms with Crippen molar-refractivity contribution in [1.82, 2.24) is 10.2 Å². The molecule has 1 heterocycles. The first-order valence-electron chi connectivity index (χ1n) is 5.98. The van der Waals surface area contributed by atoms with E-state index in [0.29, 0.717) is 18.5 Å². The Kier molecular flexibility index (Phi) is 6.13. The van der Waals surface area contributed by atoms with Crippen LogP contribution in [0.3, 0.4) is 0 Å². The molecule has 3 N–H and O–H groups in total. The zero-order chi connectivity index (χ0) is 13.0. The summed E-state index contributed by atoms with van der Waals surface area (Å²) in [6, 6.07) is 4.08. The highest BCUT2D eigenvalue weighted by Crippen LogP contribution is 2.24. The van der Waals surface area contributed by atoms with Crippen LogP contribution >= 0.6 is 24.0 Å². The Hall–Kier alpha value is -1.25. The van der Waals surface area contributed by atoms with Gasteiger partial charge in [-0.25, -0.2) is 4.99 Å². The van der Waals surface area contributed by atoms with Crippen molar-refractivity contribution < 1.29 is 9.21 Å². The minimum atomic E-state index is -0.168. The number of hydrogen-bond donors (Lipinski definition) is 2. The number of carbonyl (C=O) groups excluding carboxylic acids is 1. The lowest BCUT2D eigenvalue weighted by Gasteiger charge is -2.16. The van der Waals surface area contributed by atoms with E-state index >= 15 is 0 Å². The molecule has 0 radical (unpaired) electrons. The van der Waals surface area contributed by atoms with Crippen LogP contribution in [0.5, 0.6) is 0 Å².